The molecule has 22 heavy (non-hydrogen) atoms. The topological polar surface area (TPSA) is 96.9 Å². The lowest BCUT2D eigenvalue weighted by molar-refractivity contribution is 0.0838. The SMILES string of the molecule is O=C(NNC(=O)c1ncccn1)c1ccc2ccccc2n1. The minimum atomic E-state index is -0.602. The van der Waals surface area contributed by atoms with Crippen LogP contribution in [0.5, 0.6) is 0 Å². The molecule has 2 amide bonds. The molecule has 0 unspecified atom stereocenters. The van der Waals surface area contributed by atoms with Crippen molar-refractivity contribution >= 4 is 22.7 Å². The predicted molar refractivity (Wildman–Crippen MR) is 78.7 cm³/mol. The number of hydrogen-bond acceptors (Lipinski definition) is 5. The van der Waals surface area contributed by atoms with Crippen molar-refractivity contribution in [2.75, 3.05) is 0 Å². The predicted octanol–water partition coefficient (Wildman–Crippen LogP) is 1.10. The Balaban J connectivity index is 1.69. The number of para-hydroxylation sites is 1. The number of nitrogens with zero attached hydrogens (tertiary/aromatic N) is 3. The van der Waals surface area contributed by atoms with Crippen molar-refractivity contribution in [3.05, 3.63) is 66.4 Å². The first kappa shape index (κ1) is 13.6. The Kier molecular flexibility index (Phi) is 3.69. The smallest absolute Gasteiger partial charge is 0.266 e. The molecule has 2 aromatic heterocycles. The normalized spacial score (nSPS) is 10.2. The lowest BCUT2D eigenvalue weighted by Gasteiger charge is -2.06. The van der Waals surface area contributed by atoms with Crippen LogP contribution in [0.3, 0.4) is 0 Å². The van der Waals surface area contributed by atoms with Crippen LogP contribution in [0.1, 0.15) is 21.1 Å². The van der Waals surface area contributed by atoms with Crippen LogP contribution in [-0.4, -0.2) is 26.8 Å². The molecule has 0 spiro atoms. The molecule has 3 rings (SSSR count). The van der Waals surface area contributed by atoms with Crippen LogP contribution in [0, 0.1) is 0 Å². The Morgan fingerprint density at radius 3 is 2.36 bits per heavy atom. The van der Waals surface area contributed by atoms with Crippen LogP contribution in [-0.2, 0) is 0 Å². The number of hydrogen-bond donors (Lipinski definition) is 2. The van der Waals surface area contributed by atoms with Crippen LogP contribution in [0.4, 0.5) is 0 Å². The van der Waals surface area contributed by atoms with Gasteiger partial charge in [-0.25, -0.2) is 15.0 Å². The zero-order chi connectivity index (χ0) is 15.4. The van der Waals surface area contributed by atoms with Crippen molar-refractivity contribution in [2.45, 2.75) is 0 Å². The van der Waals surface area contributed by atoms with Gasteiger partial charge in [-0.1, -0.05) is 24.3 Å². The standard InChI is InChI=1S/C15H11N5O2/c21-14(19-20-15(22)13-16-8-3-9-17-13)12-7-6-10-4-1-2-5-11(10)18-12/h1-9H,(H,19,21)(H,20,22). The molecule has 1 aromatic carbocycles. The van der Waals surface area contributed by atoms with E-state index < -0.39 is 11.8 Å². The number of rotatable bonds is 2. The number of aromatic nitrogens is 3. The van der Waals surface area contributed by atoms with Crippen molar-refractivity contribution in [1.29, 1.82) is 0 Å². The first-order valence-corrected chi connectivity index (χ1v) is 6.47. The van der Waals surface area contributed by atoms with E-state index in [4.69, 9.17) is 0 Å². The number of hydrazine groups is 1. The number of nitrogens with one attached hydrogen (secondary N) is 2. The van der Waals surface area contributed by atoms with Crippen LogP contribution in [0.15, 0.2) is 54.9 Å². The van der Waals surface area contributed by atoms with Crippen molar-refractivity contribution in [3.8, 4) is 0 Å². The molecule has 0 atom stereocenters. The van der Waals surface area contributed by atoms with E-state index in [9.17, 15) is 9.59 Å². The number of amides is 2. The van der Waals surface area contributed by atoms with Crippen molar-refractivity contribution in [3.63, 3.8) is 0 Å². The van der Waals surface area contributed by atoms with Gasteiger partial charge in [-0.15, -0.1) is 0 Å². The molecule has 0 aliphatic carbocycles. The van der Waals surface area contributed by atoms with E-state index in [-0.39, 0.29) is 11.5 Å². The number of benzene rings is 1. The van der Waals surface area contributed by atoms with Crippen LogP contribution in [0.25, 0.3) is 10.9 Å². The third kappa shape index (κ3) is 2.88. The zero-order valence-electron chi connectivity index (χ0n) is 11.4. The maximum Gasteiger partial charge on any atom is 0.307 e. The molecule has 0 saturated carbocycles. The third-order valence-electron chi connectivity index (χ3n) is 2.89. The quantitative estimate of drug-likeness (QED) is 0.690. The second-order valence-electron chi connectivity index (χ2n) is 4.37. The first-order chi connectivity index (χ1) is 10.7. The molecule has 0 aliphatic heterocycles. The fourth-order valence-electron chi connectivity index (χ4n) is 1.84. The number of carbonyl (C=O) groups is 2. The molecular formula is C15H11N5O2. The van der Waals surface area contributed by atoms with Gasteiger partial charge in [0.25, 0.3) is 5.91 Å². The van der Waals surface area contributed by atoms with Crippen LogP contribution in [0.2, 0.25) is 0 Å². The highest BCUT2D eigenvalue weighted by atomic mass is 16.2. The van der Waals surface area contributed by atoms with Gasteiger partial charge in [0.15, 0.2) is 0 Å². The number of fused-ring (bicyclic) bond motifs is 1. The summed E-state index contributed by atoms with van der Waals surface area (Å²) in [6.45, 7) is 0. The van der Waals surface area contributed by atoms with Crippen molar-refractivity contribution < 1.29 is 9.59 Å². The van der Waals surface area contributed by atoms with E-state index in [1.165, 1.54) is 12.4 Å². The highest BCUT2D eigenvalue weighted by Gasteiger charge is 2.12. The molecule has 2 N–H and O–H groups in total. The highest BCUT2D eigenvalue weighted by molar-refractivity contribution is 5.97. The monoisotopic (exact) mass is 293 g/mol. The third-order valence-corrected chi connectivity index (χ3v) is 2.89. The average molecular weight is 293 g/mol. The van der Waals surface area contributed by atoms with E-state index >= 15 is 0 Å². The molecule has 3 aromatic rings. The summed E-state index contributed by atoms with van der Waals surface area (Å²) in [5, 5.41) is 0.931. The summed E-state index contributed by atoms with van der Waals surface area (Å²) >= 11 is 0. The van der Waals surface area contributed by atoms with Gasteiger partial charge in [-0.2, -0.15) is 0 Å². The highest BCUT2D eigenvalue weighted by Crippen LogP contribution is 2.11. The summed E-state index contributed by atoms with van der Waals surface area (Å²) in [6, 6.07) is 12.4. The van der Waals surface area contributed by atoms with Gasteiger partial charge in [-0.3, -0.25) is 20.4 Å². The van der Waals surface area contributed by atoms with Gasteiger partial charge in [-0.05, 0) is 18.2 Å². The van der Waals surface area contributed by atoms with E-state index in [1.807, 2.05) is 24.3 Å². The maximum atomic E-state index is 12.0. The van der Waals surface area contributed by atoms with Crippen molar-refractivity contribution in [2.24, 2.45) is 0 Å². The van der Waals surface area contributed by atoms with Gasteiger partial charge >= 0.3 is 5.91 Å². The summed E-state index contributed by atoms with van der Waals surface area (Å²) in [7, 11) is 0. The Bertz CT molecular complexity index is 835. The Labute approximate surface area is 125 Å². The summed E-state index contributed by atoms with van der Waals surface area (Å²) < 4.78 is 0. The lowest BCUT2D eigenvalue weighted by Crippen LogP contribution is -2.42. The van der Waals surface area contributed by atoms with Crippen molar-refractivity contribution in [1.82, 2.24) is 25.8 Å². The molecule has 7 heteroatoms. The zero-order valence-corrected chi connectivity index (χ0v) is 11.4. The van der Waals surface area contributed by atoms with E-state index in [1.54, 1.807) is 18.2 Å². The fourth-order valence-corrected chi connectivity index (χ4v) is 1.84. The van der Waals surface area contributed by atoms with Gasteiger partial charge in [0.2, 0.25) is 5.82 Å². The average Bonchev–Trinajstić information content (AvgIpc) is 2.59. The molecular weight excluding hydrogens is 282 g/mol. The van der Waals surface area contributed by atoms with Crippen LogP contribution >= 0.6 is 0 Å². The van der Waals surface area contributed by atoms with Gasteiger partial charge in [0, 0.05) is 17.8 Å². The Morgan fingerprint density at radius 1 is 0.818 bits per heavy atom. The molecule has 0 saturated heterocycles. The molecule has 108 valence electrons. The Hall–Kier alpha value is -3.35. The van der Waals surface area contributed by atoms with Gasteiger partial charge in [0.1, 0.15) is 5.69 Å². The molecule has 2 heterocycles. The Morgan fingerprint density at radius 2 is 1.55 bits per heavy atom. The minimum Gasteiger partial charge on any atom is -0.266 e. The molecule has 0 aliphatic rings. The second kappa shape index (κ2) is 5.96. The molecule has 7 nitrogen and oxygen atoms in total. The largest absolute Gasteiger partial charge is 0.307 e. The maximum absolute atomic E-state index is 12.0. The van der Waals surface area contributed by atoms with E-state index in [0.717, 1.165) is 5.39 Å². The van der Waals surface area contributed by atoms with E-state index in [2.05, 4.69) is 25.8 Å². The number of pyridine rings is 1. The van der Waals surface area contributed by atoms with E-state index in [0.29, 0.717) is 5.52 Å². The number of carbonyl (C=O) groups excluding carboxylic acids is 2. The molecule has 0 bridgehead atoms. The second-order valence-corrected chi connectivity index (χ2v) is 4.37. The lowest BCUT2D eigenvalue weighted by atomic mass is 10.2. The summed E-state index contributed by atoms with van der Waals surface area (Å²) in [5.74, 6) is -1.15. The summed E-state index contributed by atoms with van der Waals surface area (Å²) in [5.41, 5.74) is 5.43. The van der Waals surface area contributed by atoms with Crippen LogP contribution < -0.4 is 10.9 Å². The fraction of sp³-hybridized carbons (Fsp3) is 0. The molecule has 0 fully saturated rings. The van der Waals surface area contributed by atoms with Gasteiger partial charge < -0.3 is 0 Å². The molecule has 0 radical (unpaired) electrons. The summed E-state index contributed by atoms with van der Waals surface area (Å²) in [6.07, 6.45) is 2.88. The minimum absolute atomic E-state index is 0.0331. The summed E-state index contributed by atoms with van der Waals surface area (Å²) in [4.78, 5) is 35.5. The van der Waals surface area contributed by atoms with Gasteiger partial charge in [0.05, 0.1) is 5.52 Å². The first-order valence-electron chi connectivity index (χ1n) is 6.47.